The molecule has 9 heavy (non-hydrogen) atoms. The second kappa shape index (κ2) is 2.26. The van der Waals surface area contributed by atoms with Gasteiger partial charge in [-0.3, -0.25) is 0 Å². The van der Waals surface area contributed by atoms with E-state index in [1.165, 1.54) is 24.1 Å². The van der Waals surface area contributed by atoms with Gasteiger partial charge in [0.15, 0.2) is 0 Å². The topological polar surface area (TPSA) is 12.0 Å². The molecule has 0 aromatic heterocycles. The highest BCUT2D eigenvalue weighted by atomic mass is 15.0. The van der Waals surface area contributed by atoms with Gasteiger partial charge in [-0.2, -0.15) is 0 Å². The number of allylic oxidation sites excluding steroid dienone is 2. The Kier molecular flexibility index (Phi) is 1.60. The van der Waals surface area contributed by atoms with Gasteiger partial charge in [-0.05, 0) is 18.9 Å². The Labute approximate surface area is 56.5 Å². The standard InChI is InChI=1S/C8H13N/c1-4-5-8-6(2)7(3)9-8/h9H,3-5H2,1-2H3. The average molecular weight is 123 g/mol. The molecule has 1 heterocycles. The summed E-state index contributed by atoms with van der Waals surface area (Å²) in [6, 6.07) is 0. The number of rotatable bonds is 2. The van der Waals surface area contributed by atoms with E-state index in [2.05, 4.69) is 25.7 Å². The zero-order valence-corrected chi connectivity index (χ0v) is 6.12. The van der Waals surface area contributed by atoms with Crippen molar-refractivity contribution in [2.45, 2.75) is 26.7 Å². The van der Waals surface area contributed by atoms with E-state index < -0.39 is 0 Å². The van der Waals surface area contributed by atoms with E-state index in [0.717, 1.165) is 5.70 Å². The van der Waals surface area contributed by atoms with Crippen LogP contribution in [0.5, 0.6) is 0 Å². The predicted octanol–water partition coefficient (Wildman–Crippen LogP) is 2.18. The lowest BCUT2D eigenvalue weighted by molar-refractivity contribution is 0.750. The van der Waals surface area contributed by atoms with Gasteiger partial charge in [-0.1, -0.05) is 19.9 Å². The van der Waals surface area contributed by atoms with E-state index >= 15 is 0 Å². The Bertz CT molecular complexity index is 165. The summed E-state index contributed by atoms with van der Waals surface area (Å²) in [4.78, 5) is 0. The second-order valence-electron chi connectivity index (χ2n) is 2.46. The molecule has 1 N–H and O–H groups in total. The lowest BCUT2D eigenvalue weighted by Crippen LogP contribution is -2.25. The number of nitrogens with one attached hydrogen (secondary N) is 1. The number of hydrogen-bond acceptors (Lipinski definition) is 1. The van der Waals surface area contributed by atoms with Gasteiger partial charge in [-0.15, -0.1) is 0 Å². The Hall–Kier alpha value is -0.720. The first kappa shape index (κ1) is 6.40. The third-order valence-electron chi connectivity index (χ3n) is 1.71. The molecule has 1 rings (SSSR count). The van der Waals surface area contributed by atoms with E-state index in [0.29, 0.717) is 0 Å². The van der Waals surface area contributed by atoms with Gasteiger partial charge in [0.1, 0.15) is 0 Å². The van der Waals surface area contributed by atoms with Gasteiger partial charge < -0.3 is 5.32 Å². The van der Waals surface area contributed by atoms with Crippen LogP contribution in [-0.4, -0.2) is 0 Å². The van der Waals surface area contributed by atoms with Crippen molar-refractivity contribution in [2.24, 2.45) is 0 Å². The third kappa shape index (κ3) is 0.995. The Morgan fingerprint density at radius 2 is 2.22 bits per heavy atom. The minimum Gasteiger partial charge on any atom is -0.359 e. The summed E-state index contributed by atoms with van der Waals surface area (Å²) in [5.74, 6) is 0. The van der Waals surface area contributed by atoms with Gasteiger partial charge in [0.05, 0.1) is 0 Å². The molecule has 1 nitrogen and oxygen atoms in total. The first-order valence-electron chi connectivity index (χ1n) is 3.41. The predicted molar refractivity (Wildman–Crippen MR) is 39.9 cm³/mol. The van der Waals surface area contributed by atoms with Crippen molar-refractivity contribution < 1.29 is 0 Å². The van der Waals surface area contributed by atoms with Crippen molar-refractivity contribution in [3.05, 3.63) is 23.5 Å². The van der Waals surface area contributed by atoms with Crippen LogP contribution in [0.15, 0.2) is 23.5 Å². The summed E-state index contributed by atoms with van der Waals surface area (Å²) in [6.45, 7) is 8.10. The van der Waals surface area contributed by atoms with Crippen molar-refractivity contribution in [3.8, 4) is 0 Å². The van der Waals surface area contributed by atoms with Crippen LogP contribution < -0.4 is 5.32 Å². The highest BCUT2D eigenvalue weighted by Crippen LogP contribution is 2.23. The van der Waals surface area contributed by atoms with E-state index in [1.807, 2.05) is 0 Å². The lowest BCUT2D eigenvalue weighted by Gasteiger charge is -2.25. The van der Waals surface area contributed by atoms with Gasteiger partial charge in [0.25, 0.3) is 0 Å². The molecule has 0 unspecified atom stereocenters. The van der Waals surface area contributed by atoms with E-state index in [9.17, 15) is 0 Å². The zero-order chi connectivity index (χ0) is 6.85. The van der Waals surface area contributed by atoms with Crippen LogP contribution >= 0.6 is 0 Å². The molecule has 0 radical (unpaired) electrons. The summed E-state index contributed by atoms with van der Waals surface area (Å²) in [7, 11) is 0. The van der Waals surface area contributed by atoms with E-state index in [4.69, 9.17) is 0 Å². The molecule has 0 bridgehead atoms. The normalized spacial score (nSPS) is 17.3. The van der Waals surface area contributed by atoms with Gasteiger partial charge in [0, 0.05) is 11.4 Å². The maximum atomic E-state index is 3.80. The maximum absolute atomic E-state index is 3.80. The molecular formula is C8H13N. The highest BCUT2D eigenvalue weighted by Gasteiger charge is 2.14. The largest absolute Gasteiger partial charge is 0.359 e. The summed E-state index contributed by atoms with van der Waals surface area (Å²) in [6.07, 6.45) is 2.39. The monoisotopic (exact) mass is 123 g/mol. The molecule has 0 atom stereocenters. The molecule has 50 valence electrons. The summed E-state index contributed by atoms with van der Waals surface area (Å²) in [5.41, 5.74) is 3.83. The quantitative estimate of drug-likeness (QED) is 0.593. The second-order valence-corrected chi connectivity index (χ2v) is 2.46. The van der Waals surface area contributed by atoms with Crippen molar-refractivity contribution in [1.29, 1.82) is 0 Å². The van der Waals surface area contributed by atoms with E-state index in [1.54, 1.807) is 0 Å². The molecule has 0 aliphatic carbocycles. The molecule has 1 aliphatic rings. The molecule has 0 fully saturated rings. The van der Waals surface area contributed by atoms with Crippen LogP contribution in [0.25, 0.3) is 0 Å². The maximum Gasteiger partial charge on any atom is 0.0356 e. The van der Waals surface area contributed by atoms with E-state index in [-0.39, 0.29) is 0 Å². The first-order chi connectivity index (χ1) is 4.25. The zero-order valence-electron chi connectivity index (χ0n) is 6.12. The minimum absolute atomic E-state index is 1.10. The lowest BCUT2D eigenvalue weighted by atomic mass is 10.0. The summed E-state index contributed by atoms with van der Waals surface area (Å²) < 4.78 is 0. The molecule has 0 aromatic rings. The molecular weight excluding hydrogens is 110 g/mol. The van der Waals surface area contributed by atoms with Crippen LogP contribution in [0.1, 0.15) is 26.7 Å². The van der Waals surface area contributed by atoms with Gasteiger partial charge in [-0.25, -0.2) is 0 Å². The summed E-state index contributed by atoms with van der Waals surface area (Å²) >= 11 is 0. The van der Waals surface area contributed by atoms with Gasteiger partial charge in [0.2, 0.25) is 0 Å². The Morgan fingerprint density at radius 3 is 2.56 bits per heavy atom. The fraction of sp³-hybridized carbons (Fsp3) is 0.500. The molecule has 0 saturated heterocycles. The first-order valence-corrected chi connectivity index (χ1v) is 3.41. The Balaban J connectivity index is 2.54. The van der Waals surface area contributed by atoms with Crippen molar-refractivity contribution in [1.82, 2.24) is 5.32 Å². The molecule has 0 aromatic carbocycles. The SMILES string of the molecule is C=C1NC(CCC)=C1C. The fourth-order valence-corrected chi connectivity index (χ4v) is 0.989. The highest BCUT2D eigenvalue weighted by molar-refractivity contribution is 5.41. The van der Waals surface area contributed by atoms with Crippen LogP contribution in [0, 0.1) is 0 Å². The van der Waals surface area contributed by atoms with Crippen LogP contribution in [-0.2, 0) is 0 Å². The van der Waals surface area contributed by atoms with Gasteiger partial charge >= 0.3 is 0 Å². The third-order valence-corrected chi connectivity index (χ3v) is 1.71. The molecule has 1 aliphatic heterocycles. The van der Waals surface area contributed by atoms with Crippen LogP contribution in [0.2, 0.25) is 0 Å². The molecule has 1 heteroatoms. The Morgan fingerprint density at radius 1 is 1.56 bits per heavy atom. The summed E-state index contributed by atoms with van der Waals surface area (Å²) in [5, 5.41) is 3.18. The molecule has 0 spiro atoms. The number of hydrogen-bond donors (Lipinski definition) is 1. The van der Waals surface area contributed by atoms with Crippen LogP contribution in [0.4, 0.5) is 0 Å². The molecule has 0 saturated carbocycles. The van der Waals surface area contributed by atoms with Crippen molar-refractivity contribution in [2.75, 3.05) is 0 Å². The fourth-order valence-electron chi connectivity index (χ4n) is 0.989. The molecule has 0 amide bonds. The van der Waals surface area contributed by atoms with Crippen molar-refractivity contribution >= 4 is 0 Å². The average Bonchev–Trinajstić information content (AvgIpc) is 1.88. The van der Waals surface area contributed by atoms with Crippen LogP contribution in [0.3, 0.4) is 0 Å². The van der Waals surface area contributed by atoms with Crippen molar-refractivity contribution in [3.63, 3.8) is 0 Å². The smallest absolute Gasteiger partial charge is 0.0356 e. The minimum atomic E-state index is 1.10.